The summed E-state index contributed by atoms with van der Waals surface area (Å²) in [6.07, 6.45) is 0.670. The highest BCUT2D eigenvalue weighted by atomic mass is 16.6. The largest absolute Gasteiger partial charge is 0.442 e. The summed E-state index contributed by atoms with van der Waals surface area (Å²) in [7, 11) is 0. The van der Waals surface area contributed by atoms with Gasteiger partial charge in [-0.15, -0.1) is 0 Å². The van der Waals surface area contributed by atoms with Gasteiger partial charge in [-0.25, -0.2) is 4.79 Å². The number of amides is 1. The fraction of sp³-hybridized carbons (Fsp3) is 0.632. The number of ether oxygens (including phenoxy) is 2. The molecule has 1 fully saturated rings. The third kappa shape index (κ3) is 5.49. The average molecular weight is 334 g/mol. The minimum Gasteiger partial charge on any atom is -0.442 e. The van der Waals surface area contributed by atoms with Crippen molar-refractivity contribution in [3.63, 3.8) is 0 Å². The number of likely N-dealkylation sites (tertiary alicyclic amines) is 1. The molecule has 0 bridgehead atoms. The van der Waals surface area contributed by atoms with Gasteiger partial charge in [0, 0.05) is 39.1 Å². The lowest BCUT2D eigenvalue weighted by atomic mass is 10.1. The van der Waals surface area contributed by atoms with Gasteiger partial charge < -0.3 is 14.4 Å². The second-order valence-corrected chi connectivity index (χ2v) is 6.55. The molecular formula is C19H30N2O3. The molecule has 1 aromatic carbocycles. The van der Waals surface area contributed by atoms with Gasteiger partial charge in [0.1, 0.15) is 5.60 Å². The van der Waals surface area contributed by atoms with Gasteiger partial charge in [-0.1, -0.05) is 30.3 Å². The Labute approximate surface area is 145 Å². The molecule has 2 rings (SSSR count). The SMILES string of the molecule is CCN(CC)C(=O)O[C@]1(C)CCN(CCOCc2ccccc2)C1. The third-order valence-corrected chi connectivity index (χ3v) is 4.53. The van der Waals surface area contributed by atoms with Crippen LogP contribution in [0.3, 0.4) is 0 Å². The lowest BCUT2D eigenvalue weighted by Gasteiger charge is -2.28. The Morgan fingerprint density at radius 3 is 2.62 bits per heavy atom. The lowest BCUT2D eigenvalue weighted by Crippen LogP contribution is -2.41. The molecule has 0 aromatic heterocycles. The van der Waals surface area contributed by atoms with Gasteiger partial charge in [-0.3, -0.25) is 4.90 Å². The van der Waals surface area contributed by atoms with Crippen molar-refractivity contribution in [2.75, 3.05) is 39.3 Å². The van der Waals surface area contributed by atoms with E-state index in [1.165, 1.54) is 5.56 Å². The molecule has 1 aliphatic heterocycles. The van der Waals surface area contributed by atoms with Crippen LogP contribution < -0.4 is 0 Å². The van der Waals surface area contributed by atoms with Gasteiger partial charge in [0.2, 0.25) is 0 Å². The van der Waals surface area contributed by atoms with E-state index >= 15 is 0 Å². The van der Waals surface area contributed by atoms with E-state index in [9.17, 15) is 4.79 Å². The molecule has 0 N–H and O–H groups in total. The van der Waals surface area contributed by atoms with E-state index in [-0.39, 0.29) is 11.7 Å². The van der Waals surface area contributed by atoms with Crippen LogP contribution >= 0.6 is 0 Å². The summed E-state index contributed by atoms with van der Waals surface area (Å²) in [6, 6.07) is 10.2. The van der Waals surface area contributed by atoms with Gasteiger partial charge in [0.05, 0.1) is 13.2 Å². The van der Waals surface area contributed by atoms with Gasteiger partial charge >= 0.3 is 6.09 Å². The first kappa shape index (κ1) is 18.7. The summed E-state index contributed by atoms with van der Waals surface area (Å²) >= 11 is 0. The quantitative estimate of drug-likeness (QED) is 0.685. The van der Waals surface area contributed by atoms with Crippen molar-refractivity contribution in [1.82, 2.24) is 9.80 Å². The van der Waals surface area contributed by atoms with Crippen molar-refractivity contribution in [2.24, 2.45) is 0 Å². The normalized spacial score (nSPS) is 21.0. The fourth-order valence-electron chi connectivity index (χ4n) is 3.01. The lowest BCUT2D eigenvalue weighted by molar-refractivity contribution is 0.00762. The number of nitrogens with zero attached hydrogens (tertiary/aromatic N) is 2. The van der Waals surface area contributed by atoms with Crippen molar-refractivity contribution in [3.05, 3.63) is 35.9 Å². The highest BCUT2D eigenvalue weighted by Gasteiger charge is 2.37. The number of benzene rings is 1. The predicted molar refractivity (Wildman–Crippen MR) is 95.0 cm³/mol. The summed E-state index contributed by atoms with van der Waals surface area (Å²) in [4.78, 5) is 16.2. The Bertz CT molecular complexity index is 505. The molecule has 24 heavy (non-hydrogen) atoms. The molecule has 1 amide bonds. The molecular weight excluding hydrogens is 304 g/mol. The van der Waals surface area contributed by atoms with Crippen molar-refractivity contribution < 1.29 is 14.3 Å². The van der Waals surface area contributed by atoms with Crippen molar-refractivity contribution in [2.45, 2.75) is 39.4 Å². The van der Waals surface area contributed by atoms with E-state index < -0.39 is 0 Å². The molecule has 1 aromatic rings. The molecule has 0 unspecified atom stereocenters. The van der Waals surface area contributed by atoms with E-state index in [1.54, 1.807) is 4.90 Å². The number of carbonyl (C=O) groups is 1. The van der Waals surface area contributed by atoms with E-state index in [4.69, 9.17) is 9.47 Å². The molecule has 5 heteroatoms. The van der Waals surface area contributed by atoms with E-state index in [2.05, 4.69) is 17.0 Å². The first-order chi connectivity index (χ1) is 11.6. The van der Waals surface area contributed by atoms with E-state index in [1.807, 2.05) is 39.0 Å². The predicted octanol–water partition coefficient (Wildman–Crippen LogP) is 3.15. The van der Waals surface area contributed by atoms with Crippen LogP contribution in [0, 0.1) is 0 Å². The molecule has 0 aliphatic carbocycles. The Kier molecular flexibility index (Phi) is 7.06. The van der Waals surface area contributed by atoms with E-state index in [0.29, 0.717) is 26.3 Å². The molecule has 5 nitrogen and oxygen atoms in total. The first-order valence-corrected chi connectivity index (χ1v) is 8.88. The minimum absolute atomic E-state index is 0.204. The molecule has 0 radical (unpaired) electrons. The molecule has 0 spiro atoms. The smallest absolute Gasteiger partial charge is 0.410 e. The maximum absolute atomic E-state index is 12.2. The first-order valence-electron chi connectivity index (χ1n) is 8.88. The number of carbonyl (C=O) groups excluding carboxylic acids is 1. The fourth-order valence-corrected chi connectivity index (χ4v) is 3.01. The van der Waals surface area contributed by atoms with Crippen LogP contribution in [0.5, 0.6) is 0 Å². The van der Waals surface area contributed by atoms with Crippen molar-refractivity contribution in [1.29, 1.82) is 0 Å². The maximum atomic E-state index is 12.2. The zero-order chi connectivity index (χ0) is 17.4. The number of rotatable bonds is 8. The zero-order valence-corrected chi connectivity index (χ0v) is 15.2. The molecule has 0 saturated carbocycles. The van der Waals surface area contributed by atoms with Crippen LogP contribution in [0.15, 0.2) is 30.3 Å². The molecule has 1 heterocycles. The molecule has 1 saturated heterocycles. The van der Waals surface area contributed by atoms with Gasteiger partial charge in [-0.2, -0.15) is 0 Å². The van der Waals surface area contributed by atoms with Crippen LogP contribution in [0.1, 0.15) is 32.8 Å². The topological polar surface area (TPSA) is 42.0 Å². The highest BCUT2D eigenvalue weighted by Crippen LogP contribution is 2.25. The van der Waals surface area contributed by atoms with Gasteiger partial charge in [0.15, 0.2) is 0 Å². The van der Waals surface area contributed by atoms with Crippen LogP contribution in [0.4, 0.5) is 4.79 Å². The second kappa shape index (κ2) is 9.04. The molecule has 1 aliphatic rings. The molecule has 1 atom stereocenters. The van der Waals surface area contributed by atoms with Crippen molar-refractivity contribution in [3.8, 4) is 0 Å². The number of hydrogen-bond donors (Lipinski definition) is 0. The summed E-state index contributed by atoms with van der Waals surface area (Å²) in [6.45, 7) is 11.2. The maximum Gasteiger partial charge on any atom is 0.410 e. The van der Waals surface area contributed by atoms with Gasteiger partial charge in [-0.05, 0) is 26.3 Å². The Balaban J connectivity index is 1.69. The van der Waals surface area contributed by atoms with Crippen LogP contribution in [-0.4, -0.2) is 60.8 Å². The highest BCUT2D eigenvalue weighted by molar-refractivity contribution is 5.68. The summed E-state index contributed by atoms with van der Waals surface area (Å²) < 4.78 is 11.5. The van der Waals surface area contributed by atoms with E-state index in [0.717, 1.165) is 26.1 Å². The second-order valence-electron chi connectivity index (χ2n) is 6.55. The van der Waals surface area contributed by atoms with Crippen LogP contribution in [-0.2, 0) is 16.1 Å². The number of hydrogen-bond acceptors (Lipinski definition) is 4. The Morgan fingerprint density at radius 2 is 1.96 bits per heavy atom. The molecule has 134 valence electrons. The van der Waals surface area contributed by atoms with Gasteiger partial charge in [0.25, 0.3) is 0 Å². The monoisotopic (exact) mass is 334 g/mol. The standard InChI is InChI=1S/C19H30N2O3/c1-4-21(5-2)18(22)24-19(3)11-12-20(16-19)13-14-23-15-17-9-7-6-8-10-17/h6-10H,4-5,11-16H2,1-3H3/t19-/m1/s1. The Morgan fingerprint density at radius 1 is 1.25 bits per heavy atom. The van der Waals surface area contributed by atoms with Crippen molar-refractivity contribution >= 4 is 6.09 Å². The van der Waals surface area contributed by atoms with Crippen LogP contribution in [0.25, 0.3) is 0 Å². The third-order valence-electron chi connectivity index (χ3n) is 4.53. The summed E-state index contributed by atoms with van der Waals surface area (Å²) in [5, 5.41) is 0. The Hall–Kier alpha value is -1.59. The average Bonchev–Trinajstić information content (AvgIpc) is 2.94. The summed E-state index contributed by atoms with van der Waals surface area (Å²) in [5.41, 5.74) is 0.802. The minimum atomic E-state index is -0.390. The summed E-state index contributed by atoms with van der Waals surface area (Å²) in [5.74, 6) is 0. The zero-order valence-electron chi connectivity index (χ0n) is 15.2. The van der Waals surface area contributed by atoms with Crippen LogP contribution in [0.2, 0.25) is 0 Å².